The zero-order valence-corrected chi connectivity index (χ0v) is 69.1. The van der Waals surface area contributed by atoms with Crippen LogP contribution in [0.4, 0.5) is 0 Å². The van der Waals surface area contributed by atoms with E-state index in [1.165, 1.54) is 32.3 Å². The number of aliphatic hydroxyl groups is 2. The molecule has 12 aromatic rings. The molecule has 0 bridgehead atoms. The number of phenols is 1. The number of fused-ring (bicyclic) bond motifs is 7. The molecule has 1 aliphatic rings. The van der Waals surface area contributed by atoms with Crippen molar-refractivity contribution in [3.05, 3.63) is 268 Å². The Hall–Kier alpha value is -6.40. The second-order valence-electron chi connectivity index (χ2n) is 21.0. The zero-order chi connectivity index (χ0) is 62.9. The number of rotatable bonds is 6. The van der Waals surface area contributed by atoms with Gasteiger partial charge in [0.25, 0.3) is 0 Å². The standard InChI is InChI=1S/C19H13NO.C12H13N2.C12H11NO.C12H12NS.C11H15N2.C10H9NO.6Ir/c21-19-16-10-4-2-8-14(16)13-7-1-3-9-15(13)18(19)17-11-5-6-12-20-17;1-9-6-7-11-5-4-8-14(11)12(9)10(2)13-3;1-9(14)8-12-11-5-3-2-4-10(11)6-7-13-12;1-8-4-5-11-10(6-7-14-11)12(8)9(2)13-3;1-9(2)11(7-12-3)10-5-6-13(4)8-10;1-7(12)9-5-4-8-3-2-6-11-10(8)9;;;;;;/h1-12,21H;4-7H,1-3H3;2-8,14H,1H3;4-5,7H,1-3H3;6-8H,1-4H3;2-6,12H,1H3;;;;;;/q;-1;;2*-1;;;;;;;. The second kappa shape index (κ2) is 40.9. The number of hydrogen-bond acceptors (Lipinski definition) is 10. The summed E-state index contributed by atoms with van der Waals surface area (Å²) in [6.45, 7) is 15.8. The van der Waals surface area contributed by atoms with Gasteiger partial charge in [0.1, 0.15) is 5.75 Å². The monoisotopic (exact) mass is 2340 g/mol. The maximum Gasteiger partial charge on any atom is 0.133 e. The Kier molecular flexibility index (Phi) is 36.4. The number of aliphatic hydroxyl groups excluding tert-OH is 2. The van der Waals surface area contributed by atoms with Crippen molar-refractivity contribution in [1.29, 1.82) is 0 Å². The molecule has 0 unspecified atom stereocenters. The summed E-state index contributed by atoms with van der Waals surface area (Å²) < 4.78 is 5.33. The minimum absolute atomic E-state index is 0. The Morgan fingerprint density at radius 1 is 0.606 bits per heavy atom. The van der Waals surface area contributed by atoms with Crippen LogP contribution in [0.25, 0.3) is 82.5 Å². The van der Waals surface area contributed by atoms with Gasteiger partial charge in [-0.3, -0.25) is 15.0 Å². The van der Waals surface area contributed by atoms with Crippen molar-refractivity contribution in [2.75, 3.05) is 21.1 Å². The van der Waals surface area contributed by atoms with Gasteiger partial charge in [0, 0.05) is 194 Å². The SMILES string of the molecule is CC(O)=C1C=Cc2cccnc21.CC(O)=Cc1nccc2ccccc12.CN=C(C)c1c(C)ccc2cc[c-]n12.CN=C(C)c1c(C)ccc2sc[c-]c12.CN=CC(=C(C)C)c1[c-]cn(C)c1.Oc1c(-c2ccccn2)c2ccccc2c2ccccc12.[Ir].[Ir].[Ir].[Ir].[Ir].[Ir]. The molecule has 94 heavy (non-hydrogen) atoms. The van der Waals surface area contributed by atoms with Crippen LogP contribution in [0.2, 0.25) is 0 Å². The topological polar surface area (TPSA) is 146 Å². The number of aromatic hydroxyl groups is 1. The summed E-state index contributed by atoms with van der Waals surface area (Å²) in [6.07, 6.45) is 19.8. The predicted molar refractivity (Wildman–Crippen MR) is 372 cm³/mol. The Morgan fingerprint density at radius 2 is 1.23 bits per heavy atom. The van der Waals surface area contributed by atoms with Gasteiger partial charge in [0.2, 0.25) is 0 Å². The van der Waals surface area contributed by atoms with E-state index >= 15 is 0 Å². The first-order valence-electron chi connectivity index (χ1n) is 28.7. The summed E-state index contributed by atoms with van der Waals surface area (Å²) in [5, 5.41) is 38.7. The number of aromatic nitrogens is 5. The molecule has 13 rings (SSSR count). The first-order valence-corrected chi connectivity index (χ1v) is 29.6. The van der Waals surface area contributed by atoms with E-state index in [-0.39, 0.29) is 126 Å². The minimum atomic E-state index is 0. The van der Waals surface area contributed by atoms with Gasteiger partial charge >= 0.3 is 0 Å². The van der Waals surface area contributed by atoms with Crippen LogP contribution in [0.5, 0.6) is 5.75 Å². The molecule has 0 saturated carbocycles. The van der Waals surface area contributed by atoms with Crippen LogP contribution in [-0.2, 0) is 128 Å². The van der Waals surface area contributed by atoms with Crippen LogP contribution in [0.1, 0.15) is 86.4 Å². The number of allylic oxidation sites excluding steroid dienone is 6. The average molecular weight is 2330 g/mol. The fourth-order valence-electron chi connectivity index (χ4n) is 10.2. The molecule has 11 nitrogen and oxygen atoms in total. The van der Waals surface area contributed by atoms with Crippen LogP contribution >= 0.6 is 11.3 Å². The van der Waals surface area contributed by atoms with Gasteiger partial charge in [-0.25, -0.2) is 11.3 Å². The molecular formula is C76H73Ir6N8O3S-3. The van der Waals surface area contributed by atoms with Crippen molar-refractivity contribution in [1.82, 2.24) is 23.9 Å². The van der Waals surface area contributed by atoms with Gasteiger partial charge in [-0.15, -0.1) is 28.8 Å². The van der Waals surface area contributed by atoms with Crippen molar-refractivity contribution < 1.29 is 136 Å². The number of thiophene rings is 1. The van der Waals surface area contributed by atoms with Crippen molar-refractivity contribution >= 4 is 100 Å². The molecule has 1 aliphatic carbocycles. The molecule has 498 valence electrons. The van der Waals surface area contributed by atoms with Crippen molar-refractivity contribution in [2.24, 2.45) is 22.0 Å². The van der Waals surface area contributed by atoms with Crippen LogP contribution in [0.15, 0.2) is 220 Å². The Morgan fingerprint density at radius 3 is 1.85 bits per heavy atom. The summed E-state index contributed by atoms with van der Waals surface area (Å²) >= 11 is 1.73. The number of pyridine rings is 4. The quantitative estimate of drug-likeness (QED) is 0.0654. The fourth-order valence-corrected chi connectivity index (χ4v) is 10.9. The van der Waals surface area contributed by atoms with Crippen LogP contribution in [-0.4, -0.2) is 78.0 Å². The molecule has 18 heteroatoms. The summed E-state index contributed by atoms with van der Waals surface area (Å²) in [5.41, 5.74) is 16.9. The van der Waals surface area contributed by atoms with E-state index < -0.39 is 0 Å². The molecule has 5 aromatic carbocycles. The number of benzene rings is 5. The van der Waals surface area contributed by atoms with E-state index in [4.69, 9.17) is 0 Å². The third-order valence-electron chi connectivity index (χ3n) is 14.6. The second-order valence-corrected chi connectivity index (χ2v) is 21.9. The average Bonchev–Trinajstić information content (AvgIpc) is 1.12. The minimum Gasteiger partial charge on any atom is -0.513 e. The fraction of sp³-hybridized carbons (Fsp3) is 0.158. The van der Waals surface area contributed by atoms with Crippen molar-refractivity contribution in [3.63, 3.8) is 0 Å². The third-order valence-corrected chi connectivity index (χ3v) is 15.4. The van der Waals surface area contributed by atoms with Crippen molar-refractivity contribution in [2.45, 2.75) is 55.4 Å². The number of aliphatic imine (C=N–C) groups is 3. The number of hydrogen-bond donors (Lipinski definition) is 3. The van der Waals surface area contributed by atoms with Crippen LogP contribution in [0, 0.1) is 32.2 Å². The predicted octanol–water partition coefficient (Wildman–Crippen LogP) is 18.6. The zero-order valence-electron chi connectivity index (χ0n) is 54.0. The molecule has 0 spiro atoms. The summed E-state index contributed by atoms with van der Waals surface area (Å²) in [7, 11) is 7.43. The van der Waals surface area contributed by atoms with Gasteiger partial charge < -0.3 is 39.3 Å². The normalized spacial score (nSPS) is 11.7. The van der Waals surface area contributed by atoms with Gasteiger partial charge in [-0.2, -0.15) is 29.1 Å². The summed E-state index contributed by atoms with van der Waals surface area (Å²) in [6, 6.07) is 54.6. The molecule has 7 aromatic heterocycles. The van der Waals surface area contributed by atoms with Crippen molar-refractivity contribution in [3.8, 4) is 17.0 Å². The first-order chi connectivity index (χ1) is 42.5. The van der Waals surface area contributed by atoms with Crippen LogP contribution < -0.4 is 0 Å². The molecule has 0 saturated heterocycles. The van der Waals surface area contributed by atoms with E-state index in [0.717, 1.165) is 99.9 Å². The molecule has 3 N–H and O–H groups in total. The van der Waals surface area contributed by atoms with E-state index in [1.54, 1.807) is 56.9 Å². The molecule has 0 atom stereocenters. The van der Waals surface area contributed by atoms with Gasteiger partial charge in [0.05, 0.1) is 34.2 Å². The number of aryl methyl sites for hydroxylation is 3. The molecule has 7 heterocycles. The van der Waals surface area contributed by atoms with Crippen LogP contribution in [0.3, 0.4) is 0 Å². The Bertz CT molecular complexity index is 4550. The number of nitrogens with zero attached hydrogens (tertiary/aromatic N) is 8. The van der Waals surface area contributed by atoms with E-state index in [1.807, 2.05) is 191 Å². The maximum atomic E-state index is 10.8. The van der Waals surface area contributed by atoms with Gasteiger partial charge in [-0.1, -0.05) is 175 Å². The Balaban J connectivity index is 0.000000383. The largest absolute Gasteiger partial charge is 0.513 e. The third kappa shape index (κ3) is 21.0. The summed E-state index contributed by atoms with van der Waals surface area (Å²) in [4.78, 5) is 25.3. The molecule has 0 aliphatic heterocycles. The molecule has 6 radical (unpaired) electrons. The molecule has 0 fully saturated rings. The number of phenolic OH excluding ortho intramolecular Hbond substituents is 1. The van der Waals surface area contributed by atoms with E-state index in [9.17, 15) is 15.3 Å². The Labute approximate surface area is 637 Å². The molecule has 0 amide bonds. The van der Waals surface area contributed by atoms with E-state index in [0.29, 0.717) is 11.5 Å². The van der Waals surface area contributed by atoms with Gasteiger partial charge in [0.15, 0.2) is 0 Å². The maximum absolute atomic E-state index is 10.8. The summed E-state index contributed by atoms with van der Waals surface area (Å²) in [5.74, 6) is 0.889. The first kappa shape index (κ1) is 83.7. The molecular weight excluding hydrogens is 2260 g/mol. The van der Waals surface area contributed by atoms with Gasteiger partial charge in [-0.05, 0) is 111 Å². The van der Waals surface area contributed by atoms with E-state index in [2.05, 4.69) is 111 Å². The smallest absolute Gasteiger partial charge is 0.133 e.